The number of hydrogen-bond acceptors (Lipinski definition) is 7. The summed E-state index contributed by atoms with van der Waals surface area (Å²) in [5.41, 5.74) is 6.52. The Morgan fingerprint density at radius 2 is 1.97 bits per heavy atom. The summed E-state index contributed by atoms with van der Waals surface area (Å²) in [7, 11) is 0. The Morgan fingerprint density at radius 3 is 2.57 bits per heavy atom. The molecule has 154 valence electrons. The topological polar surface area (TPSA) is 151 Å². The third-order valence-electron chi connectivity index (χ3n) is 3.99. The second kappa shape index (κ2) is 9.01. The van der Waals surface area contributed by atoms with Crippen molar-refractivity contribution >= 4 is 51.6 Å². The maximum Gasteiger partial charge on any atom is 0.355 e. The van der Waals surface area contributed by atoms with E-state index in [9.17, 15) is 14.4 Å². The highest BCUT2D eigenvalue weighted by molar-refractivity contribution is 7.14. The standard InChI is InChI=1S/C19H18N6O4S/c1-2-25(18(20)29)15-8-13(22-11-6-4-3-5-7-11)12(9-21-15)16(26)24-19-23-14(10-30-19)17(27)28/h3-10H,2H2,1H3,(H2,20,29)(H,21,22)(H,27,28)(H,23,24,26). The number of primary amides is 1. The summed E-state index contributed by atoms with van der Waals surface area (Å²) in [5.74, 6) is -1.45. The number of rotatable bonds is 7. The second-order valence-electron chi connectivity index (χ2n) is 5.96. The average Bonchev–Trinajstić information content (AvgIpc) is 3.18. The molecule has 5 N–H and O–H groups in total. The molecule has 30 heavy (non-hydrogen) atoms. The van der Waals surface area contributed by atoms with Crippen molar-refractivity contribution in [2.75, 3.05) is 22.1 Å². The average molecular weight is 426 g/mol. The molecular formula is C19H18N6O4S. The number of benzene rings is 1. The van der Waals surface area contributed by atoms with E-state index in [2.05, 4.69) is 20.6 Å². The van der Waals surface area contributed by atoms with Gasteiger partial charge in [0.15, 0.2) is 10.8 Å². The predicted molar refractivity (Wildman–Crippen MR) is 114 cm³/mol. The van der Waals surface area contributed by atoms with Crippen LogP contribution in [0.3, 0.4) is 0 Å². The van der Waals surface area contributed by atoms with Gasteiger partial charge in [0.1, 0.15) is 5.82 Å². The number of hydrogen-bond donors (Lipinski definition) is 4. The smallest absolute Gasteiger partial charge is 0.355 e. The highest BCUT2D eigenvalue weighted by Crippen LogP contribution is 2.26. The van der Waals surface area contributed by atoms with Crippen molar-refractivity contribution in [2.24, 2.45) is 5.73 Å². The number of thiazole rings is 1. The van der Waals surface area contributed by atoms with Gasteiger partial charge in [-0.25, -0.2) is 19.6 Å². The van der Waals surface area contributed by atoms with E-state index in [1.807, 2.05) is 30.3 Å². The summed E-state index contributed by atoms with van der Waals surface area (Å²) in [6.45, 7) is 2.05. The molecule has 2 aromatic heterocycles. The fourth-order valence-electron chi connectivity index (χ4n) is 2.58. The number of nitrogens with one attached hydrogen (secondary N) is 2. The molecule has 0 saturated carbocycles. The number of para-hydroxylation sites is 1. The van der Waals surface area contributed by atoms with Crippen molar-refractivity contribution in [1.82, 2.24) is 9.97 Å². The van der Waals surface area contributed by atoms with Crippen molar-refractivity contribution in [3.05, 3.63) is 59.2 Å². The summed E-state index contributed by atoms with van der Waals surface area (Å²) >= 11 is 0.992. The molecule has 11 heteroatoms. The van der Waals surface area contributed by atoms with Crippen LogP contribution in [0.15, 0.2) is 48.0 Å². The minimum Gasteiger partial charge on any atom is -0.476 e. The van der Waals surface area contributed by atoms with E-state index in [4.69, 9.17) is 10.8 Å². The molecule has 0 saturated heterocycles. The highest BCUT2D eigenvalue weighted by atomic mass is 32.1. The highest BCUT2D eigenvalue weighted by Gasteiger charge is 2.19. The summed E-state index contributed by atoms with van der Waals surface area (Å²) in [4.78, 5) is 44.8. The van der Waals surface area contributed by atoms with Crippen molar-refractivity contribution in [3.8, 4) is 0 Å². The zero-order valence-electron chi connectivity index (χ0n) is 15.8. The number of urea groups is 1. The number of carboxylic acid groups (broad SMARTS) is 1. The van der Waals surface area contributed by atoms with Gasteiger partial charge in [-0.3, -0.25) is 15.0 Å². The summed E-state index contributed by atoms with van der Waals surface area (Å²) in [6, 6.07) is 10.0. The zero-order chi connectivity index (χ0) is 21.7. The Morgan fingerprint density at radius 1 is 1.23 bits per heavy atom. The zero-order valence-corrected chi connectivity index (χ0v) is 16.6. The molecular weight excluding hydrogens is 408 g/mol. The molecule has 0 unspecified atom stereocenters. The Labute approximate surface area is 175 Å². The number of amides is 3. The van der Waals surface area contributed by atoms with Crippen molar-refractivity contribution in [2.45, 2.75) is 6.92 Å². The Balaban J connectivity index is 1.95. The number of nitrogens with two attached hydrogens (primary N) is 1. The van der Waals surface area contributed by atoms with Gasteiger partial charge in [-0.2, -0.15) is 0 Å². The van der Waals surface area contributed by atoms with Crippen LogP contribution in [0.1, 0.15) is 27.8 Å². The van der Waals surface area contributed by atoms with E-state index < -0.39 is 17.9 Å². The first-order valence-corrected chi connectivity index (χ1v) is 9.66. The Kier molecular flexibility index (Phi) is 6.23. The van der Waals surface area contributed by atoms with E-state index in [1.54, 1.807) is 13.0 Å². The number of aromatic nitrogens is 2. The predicted octanol–water partition coefficient (Wildman–Crippen LogP) is 3.14. The summed E-state index contributed by atoms with van der Waals surface area (Å²) in [5, 5.41) is 16.1. The SMILES string of the molecule is CCN(C(N)=O)c1cc(Nc2ccccc2)c(C(=O)Nc2nc(C(=O)O)cs2)cn1. The third kappa shape index (κ3) is 4.70. The third-order valence-corrected chi connectivity index (χ3v) is 4.75. The molecule has 3 amide bonds. The van der Waals surface area contributed by atoms with Crippen molar-refractivity contribution < 1.29 is 19.5 Å². The Hall–Kier alpha value is -3.99. The second-order valence-corrected chi connectivity index (χ2v) is 6.82. The minimum absolute atomic E-state index is 0.138. The fraction of sp³-hybridized carbons (Fsp3) is 0.105. The van der Waals surface area contributed by atoms with Crippen LogP contribution in [-0.2, 0) is 0 Å². The lowest BCUT2D eigenvalue weighted by atomic mass is 10.2. The van der Waals surface area contributed by atoms with E-state index >= 15 is 0 Å². The maximum atomic E-state index is 12.8. The van der Waals surface area contributed by atoms with Gasteiger partial charge in [0, 0.05) is 29.9 Å². The van der Waals surface area contributed by atoms with Crippen LogP contribution in [0.2, 0.25) is 0 Å². The number of carbonyl (C=O) groups is 3. The molecule has 0 aliphatic heterocycles. The van der Waals surface area contributed by atoms with E-state index in [1.165, 1.54) is 16.5 Å². The number of nitrogens with zero attached hydrogens (tertiary/aromatic N) is 3. The minimum atomic E-state index is -1.18. The van der Waals surface area contributed by atoms with Gasteiger partial charge in [0.2, 0.25) is 0 Å². The van der Waals surface area contributed by atoms with Gasteiger partial charge in [-0.05, 0) is 19.1 Å². The molecule has 0 aliphatic carbocycles. The van der Waals surface area contributed by atoms with Crippen LogP contribution >= 0.6 is 11.3 Å². The number of carbonyl (C=O) groups excluding carboxylic acids is 2. The molecule has 0 aliphatic rings. The van der Waals surface area contributed by atoms with Crippen LogP contribution in [0, 0.1) is 0 Å². The molecule has 0 radical (unpaired) electrons. The summed E-state index contributed by atoms with van der Waals surface area (Å²) < 4.78 is 0. The van der Waals surface area contributed by atoms with E-state index in [0.29, 0.717) is 17.9 Å². The van der Waals surface area contributed by atoms with Crippen LogP contribution in [0.4, 0.5) is 27.1 Å². The molecule has 0 atom stereocenters. The van der Waals surface area contributed by atoms with E-state index in [0.717, 1.165) is 11.3 Å². The maximum absolute atomic E-state index is 12.8. The molecule has 2 heterocycles. The molecule has 0 bridgehead atoms. The molecule has 1 aromatic carbocycles. The fourth-order valence-corrected chi connectivity index (χ4v) is 3.26. The quantitative estimate of drug-likeness (QED) is 0.453. The van der Waals surface area contributed by atoms with Crippen LogP contribution in [0.5, 0.6) is 0 Å². The molecule has 3 rings (SSSR count). The first-order chi connectivity index (χ1) is 14.4. The molecule has 0 fully saturated rings. The Bertz CT molecular complexity index is 1090. The molecule has 0 spiro atoms. The van der Waals surface area contributed by atoms with Crippen molar-refractivity contribution in [3.63, 3.8) is 0 Å². The lowest BCUT2D eigenvalue weighted by Gasteiger charge is -2.19. The van der Waals surface area contributed by atoms with Gasteiger partial charge in [-0.1, -0.05) is 18.2 Å². The monoisotopic (exact) mass is 426 g/mol. The number of carboxylic acids is 1. The lowest BCUT2D eigenvalue weighted by molar-refractivity contribution is 0.0691. The largest absolute Gasteiger partial charge is 0.476 e. The van der Waals surface area contributed by atoms with E-state index in [-0.39, 0.29) is 22.2 Å². The molecule has 10 nitrogen and oxygen atoms in total. The normalized spacial score (nSPS) is 10.3. The van der Waals surface area contributed by atoms with Crippen LogP contribution < -0.4 is 21.3 Å². The van der Waals surface area contributed by atoms with Gasteiger partial charge in [0.25, 0.3) is 5.91 Å². The van der Waals surface area contributed by atoms with Gasteiger partial charge >= 0.3 is 12.0 Å². The summed E-state index contributed by atoms with van der Waals surface area (Å²) in [6.07, 6.45) is 1.31. The lowest BCUT2D eigenvalue weighted by Crippen LogP contribution is -2.36. The first-order valence-electron chi connectivity index (χ1n) is 8.78. The van der Waals surface area contributed by atoms with Gasteiger partial charge in [0.05, 0.1) is 11.3 Å². The first kappa shape index (κ1) is 20.7. The van der Waals surface area contributed by atoms with Gasteiger partial charge < -0.3 is 16.2 Å². The number of anilines is 4. The van der Waals surface area contributed by atoms with Crippen LogP contribution in [-0.4, -0.2) is 39.5 Å². The van der Waals surface area contributed by atoms with Crippen molar-refractivity contribution in [1.29, 1.82) is 0 Å². The number of pyridine rings is 1. The molecule has 3 aromatic rings. The number of aromatic carboxylic acids is 1. The van der Waals surface area contributed by atoms with Gasteiger partial charge in [-0.15, -0.1) is 11.3 Å². The van der Waals surface area contributed by atoms with Crippen LogP contribution in [0.25, 0.3) is 0 Å².